The van der Waals surface area contributed by atoms with Crippen LogP contribution in [0.1, 0.15) is 18.7 Å². The van der Waals surface area contributed by atoms with Crippen molar-refractivity contribution in [2.45, 2.75) is 13.1 Å². The van der Waals surface area contributed by atoms with Crippen LogP contribution in [-0.2, 0) is 4.79 Å². The number of carbonyl (C=O) groups excluding carboxylic acids is 1. The third kappa shape index (κ3) is 2.85. The first kappa shape index (κ1) is 9.70. The van der Waals surface area contributed by atoms with Crippen molar-refractivity contribution in [2.24, 2.45) is 5.84 Å². The molecule has 0 saturated carbocycles. The Labute approximate surface area is 77.1 Å². The fourth-order valence-electron chi connectivity index (χ4n) is 1.07. The number of amides is 1. The van der Waals surface area contributed by atoms with Crippen LogP contribution in [0.4, 0.5) is 0 Å². The van der Waals surface area contributed by atoms with Crippen LogP contribution in [0.5, 0.6) is 0 Å². The van der Waals surface area contributed by atoms with Crippen molar-refractivity contribution in [3.63, 3.8) is 0 Å². The van der Waals surface area contributed by atoms with Crippen LogP contribution >= 0.6 is 0 Å². The fraction of sp³-hybridized carbons (Fsp3) is 0.222. The van der Waals surface area contributed by atoms with Crippen LogP contribution in [0.2, 0.25) is 0 Å². The van der Waals surface area contributed by atoms with Crippen molar-refractivity contribution in [3.05, 3.63) is 35.9 Å². The van der Waals surface area contributed by atoms with Gasteiger partial charge in [-0.3, -0.25) is 10.6 Å². The van der Waals surface area contributed by atoms with E-state index in [1.165, 1.54) is 6.92 Å². The lowest BCUT2D eigenvalue weighted by molar-refractivity contribution is -0.119. The predicted octanol–water partition coefficient (Wildman–Crippen LogP) is 0.285. The summed E-state index contributed by atoms with van der Waals surface area (Å²) in [5.41, 5.74) is 3.45. The van der Waals surface area contributed by atoms with Crippen LogP contribution in [0.15, 0.2) is 30.3 Å². The fourth-order valence-corrected chi connectivity index (χ4v) is 1.07. The summed E-state index contributed by atoms with van der Waals surface area (Å²) in [6.07, 6.45) is -0.321. The lowest BCUT2D eigenvalue weighted by Crippen LogP contribution is -2.40. The summed E-state index contributed by atoms with van der Waals surface area (Å²) in [5, 5.41) is 2.67. The Morgan fingerprint density at radius 3 is 2.46 bits per heavy atom. The Morgan fingerprint density at radius 1 is 1.38 bits per heavy atom. The Hall–Kier alpha value is -1.39. The third-order valence-corrected chi connectivity index (χ3v) is 1.65. The molecule has 0 saturated heterocycles. The Balaban J connectivity index is 2.73. The smallest absolute Gasteiger partial charge is 0.218 e. The summed E-state index contributed by atoms with van der Waals surface area (Å²) in [4.78, 5) is 10.8. The van der Waals surface area contributed by atoms with Gasteiger partial charge in [0.1, 0.15) is 6.17 Å². The normalized spacial score (nSPS) is 12.2. The lowest BCUT2D eigenvalue weighted by atomic mass is 10.2. The maximum atomic E-state index is 10.8. The monoisotopic (exact) mass is 179 g/mol. The highest BCUT2D eigenvalue weighted by atomic mass is 16.1. The van der Waals surface area contributed by atoms with E-state index < -0.39 is 0 Å². The molecule has 0 aliphatic carbocycles. The van der Waals surface area contributed by atoms with E-state index >= 15 is 0 Å². The van der Waals surface area contributed by atoms with Gasteiger partial charge in [0.25, 0.3) is 0 Å². The average Bonchev–Trinajstić information content (AvgIpc) is 2.15. The molecule has 1 rings (SSSR count). The zero-order chi connectivity index (χ0) is 9.68. The number of nitrogens with two attached hydrogens (primary N) is 1. The van der Waals surface area contributed by atoms with Crippen molar-refractivity contribution >= 4 is 5.91 Å². The van der Waals surface area contributed by atoms with E-state index in [-0.39, 0.29) is 12.1 Å². The molecule has 1 atom stereocenters. The van der Waals surface area contributed by atoms with E-state index in [1.54, 1.807) is 0 Å². The highest BCUT2D eigenvalue weighted by molar-refractivity contribution is 5.73. The number of rotatable bonds is 3. The molecule has 4 N–H and O–H groups in total. The Bertz CT molecular complexity index is 273. The molecule has 4 heteroatoms. The standard InChI is InChI=1S/C9H13N3O/c1-7(13)11-9(12-10)8-5-3-2-4-6-8/h2-6,9,12H,10H2,1H3,(H,11,13). The van der Waals surface area contributed by atoms with Gasteiger partial charge in [0.2, 0.25) is 5.91 Å². The molecule has 0 aliphatic heterocycles. The molecule has 70 valence electrons. The van der Waals surface area contributed by atoms with Gasteiger partial charge in [-0.2, -0.15) is 0 Å². The second kappa shape index (κ2) is 4.59. The number of nitrogens with one attached hydrogen (secondary N) is 2. The van der Waals surface area contributed by atoms with Gasteiger partial charge < -0.3 is 5.32 Å². The van der Waals surface area contributed by atoms with Crippen molar-refractivity contribution in [1.29, 1.82) is 0 Å². The predicted molar refractivity (Wildman–Crippen MR) is 50.3 cm³/mol. The number of hydrogen-bond donors (Lipinski definition) is 3. The molecule has 0 spiro atoms. The maximum Gasteiger partial charge on any atom is 0.218 e. The van der Waals surface area contributed by atoms with E-state index in [9.17, 15) is 4.79 Å². The second-order valence-corrected chi connectivity index (χ2v) is 2.71. The zero-order valence-corrected chi connectivity index (χ0v) is 7.45. The molecule has 0 fully saturated rings. The van der Waals surface area contributed by atoms with Gasteiger partial charge >= 0.3 is 0 Å². The lowest BCUT2D eigenvalue weighted by Gasteiger charge is -2.16. The number of hydrogen-bond acceptors (Lipinski definition) is 3. The van der Waals surface area contributed by atoms with Crippen LogP contribution in [0, 0.1) is 0 Å². The van der Waals surface area contributed by atoms with Crippen LogP contribution in [-0.4, -0.2) is 5.91 Å². The molecule has 1 unspecified atom stereocenters. The SMILES string of the molecule is CC(=O)NC(NN)c1ccccc1. The quantitative estimate of drug-likeness (QED) is 0.355. The molecule has 1 aromatic rings. The molecule has 13 heavy (non-hydrogen) atoms. The summed E-state index contributed by atoms with van der Waals surface area (Å²) in [6.45, 7) is 1.45. The van der Waals surface area contributed by atoms with Crippen molar-refractivity contribution in [3.8, 4) is 0 Å². The second-order valence-electron chi connectivity index (χ2n) is 2.71. The van der Waals surface area contributed by atoms with Gasteiger partial charge in [-0.15, -0.1) is 0 Å². The largest absolute Gasteiger partial charge is 0.336 e. The third-order valence-electron chi connectivity index (χ3n) is 1.65. The van der Waals surface area contributed by atoms with E-state index in [2.05, 4.69) is 10.7 Å². The van der Waals surface area contributed by atoms with Crippen LogP contribution < -0.4 is 16.6 Å². The van der Waals surface area contributed by atoms with E-state index in [1.807, 2.05) is 30.3 Å². The molecule has 4 nitrogen and oxygen atoms in total. The zero-order valence-electron chi connectivity index (χ0n) is 7.45. The molecule has 0 radical (unpaired) electrons. The average molecular weight is 179 g/mol. The topological polar surface area (TPSA) is 67.2 Å². The van der Waals surface area contributed by atoms with Crippen molar-refractivity contribution < 1.29 is 4.79 Å². The summed E-state index contributed by atoms with van der Waals surface area (Å²) < 4.78 is 0. The maximum absolute atomic E-state index is 10.8. The Morgan fingerprint density at radius 2 is 2.00 bits per heavy atom. The minimum atomic E-state index is -0.321. The minimum Gasteiger partial charge on any atom is -0.336 e. The molecule has 0 heterocycles. The van der Waals surface area contributed by atoms with Crippen LogP contribution in [0.3, 0.4) is 0 Å². The summed E-state index contributed by atoms with van der Waals surface area (Å²) in [5.74, 6) is 5.17. The molecule has 1 amide bonds. The first-order valence-electron chi connectivity index (χ1n) is 4.02. The summed E-state index contributed by atoms with van der Waals surface area (Å²) in [6, 6.07) is 9.47. The van der Waals surface area contributed by atoms with E-state index in [0.717, 1.165) is 5.56 Å². The molecule has 0 aliphatic rings. The number of carbonyl (C=O) groups is 1. The number of benzene rings is 1. The minimum absolute atomic E-state index is 0.119. The van der Waals surface area contributed by atoms with Crippen LogP contribution in [0.25, 0.3) is 0 Å². The van der Waals surface area contributed by atoms with Gasteiger partial charge in [0.15, 0.2) is 0 Å². The number of hydrazine groups is 1. The first-order chi connectivity index (χ1) is 6.24. The molecule has 0 aromatic heterocycles. The van der Waals surface area contributed by atoms with Crippen molar-refractivity contribution in [1.82, 2.24) is 10.7 Å². The molecule has 0 bridgehead atoms. The van der Waals surface area contributed by atoms with Gasteiger partial charge in [-0.25, -0.2) is 5.43 Å². The Kier molecular flexibility index (Phi) is 3.42. The molecular formula is C9H13N3O. The van der Waals surface area contributed by atoms with Gasteiger partial charge in [-0.05, 0) is 5.56 Å². The van der Waals surface area contributed by atoms with Gasteiger partial charge in [0.05, 0.1) is 0 Å². The highest BCUT2D eigenvalue weighted by Crippen LogP contribution is 2.07. The summed E-state index contributed by atoms with van der Waals surface area (Å²) in [7, 11) is 0. The molecule has 1 aromatic carbocycles. The molecular weight excluding hydrogens is 166 g/mol. The van der Waals surface area contributed by atoms with E-state index in [0.29, 0.717) is 0 Å². The van der Waals surface area contributed by atoms with E-state index in [4.69, 9.17) is 5.84 Å². The van der Waals surface area contributed by atoms with Gasteiger partial charge in [-0.1, -0.05) is 30.3 Å². The highest BCUT2D eigenvalue weighted by Gasteiger charge is 2.08. The van der Waals surface area contributed by atoms with Crippen molar-refractivity contribution in [2.75, 3.05) is 0 Å². The van der Waals surface area contributed by atoms with Gasteiger partial charge in [0, 0.05) is 6.92 Å². The first-order valence-corrected chi connectivity index (χ1v) is 4.02. The summed E-state index contributed by atoms with van der Waals surface area (Å²) >= 11 is 0.